The molecule has 0 N–H and O–H groups in total. The van der Waals surface area contributed by atoms with Crippen LogP contribution in [-0.4, -0.2) is 21.5 Å². The van der Waals surface area contributed by atoms with Gasteiger partial charge in [-0.25, -0.2) is 9.97 Å². The SMILES string of the molecule is CC(C)(C)C(=O)CSc1ncc2c(n1)-c1ccccc1CC1=C2[CH]1. The zero-order valence-electron chi connectivity index (χ0n) is 14.1. The number of rotatable bonds is 3. The Kier molecular flexibility index (Phi) is 3.61. The van der Waals surface area contributed by atoms with Crippen LogP contribution in [0.5, 0.6) is 0 Å². The Bertz CT molecular complexity index is 877. The fourth-order valence-electron chi connectivity index (χ4n) is 2.83. The van der Waals surface area contributed by atoms with Crippen LogP contribution in [-0.2, 0) is 11.2 Å². The number of carbonyl (C=O) groups excluding carboxylic acids is 1. The van der Waals surface area contributed by atoms with Crippen LogP contribution in [0.25, 0.3) is 16.8 Å². The number of aromatic nitrogens is 2. The predicted molar refractivity (Wildman–Crippen MR) is 97.6 cm³/mol. The molecule has 0 aliphatic heterocycles. The molecule has 24 heavy (non-hydrogen) atoms. The van der Waals surface area contributed by atoms with Crippen molar-refractivity contribution in [3.63, 3.8) is 0 Å². The molecule has 1 aromatic heterocycles. The second-order valence-electron chi connectivity index (χ2n) is 7.29. The maximum Gasteiger partial charge on any atom is 0.188 e. The summed E-state index contributed by atoms with van der Waals surface area (Å²) >= 11 is 1.43. The highest BCUT2D eigenvalue weighted by Crippen LogP contribution is 2.48. The van der Waals surface area contributed by atoms with E-state index in [-0.39, 0.29) is 11.2 Å². The smallest absolute Gasteiger partial charge is 0.188 e. The highest BCUT2D eigenvalue weighted by molar-refractivity contribution is 7.99. The topological polar surface area (TPSA) is 42.9 Å². The fourth-order valence-corrected chi connectivity index (χ4v) is 3.81. The number of nitrogens with zero attached hydrogens (tertiary/aromatic N) is 2. The van der Waals surface area contributed by atoms with E-state index >= 15 is 0 Å². The Morgan fingerprint density at radius 1 is 1.21 bits per heavy atom. The van der Waals surface area contributed by atoms with Crippen molar-refractivity contribution in [2.45, 2.75) is 32.3 Å². The number of Topliss-reactive ketones (excluding diaryl/α,β-unsaturated/α-hetero) is 1. The zero-order chi connectivity index (χ0) is 16.9. The van der Waals surface area contributed by atoms with E-state index in [1.807, 2.05) is 27.0 Å². The fraction of sp³-hybridized carbons (Fsp3) is 0.300. The molecule has 1 radical (unpaired) electrons. The van der Waals surface area contributed by atoms with Gasteiger partial charge in [0, 0.05) is 29.2 Å². The van der Waals surface area contributed by atoms with Crippen LogP contribution in [0.3, 0.4) is 0 Å². The Morgan fingerprint density at radius 3 is 2.79 bits per heavy atom. The number of benzene rings is 1. The summed E-state index contributed by atoms with van der Waals surface area (Å²) in [5.74, 6) is 0.622. The molecule has 2 aliphatic rings. The summed E-state index contributed by atoms with van der Waals surface area (Å²) in [5, 5.41) is 0.672. The standard InChI is InChI=1S/C20H19N2OS/c1-20(2,3)17(23)11-24-19-21-10-16-15-9-13(15)8-12-6-4-5-7-14(12)18(16)22-19/h4-7,9-10H,8,11H2,1-3H3. The summed E-state index contributed by atoms with van der Waals surface area (Å²) in [7, 11) is 0. The van der Waals surface area contributed by atoms with Crippen LogP contribution in [0.2, 0.25) is 0 Å². The molecule has 2 aliphatic carbocycles. The summed E-state index contributed by atoms with van der Waals surface area (Å²) in [6.07, 6.45) is 5.09. The lowest BCUT2D eigenvalue weighted by atomic mass is 9.92. The number of hydrogen-bond acceptors (Lipinski definition) is 4. The Balaban J connectivity index is 1.68. The van der Waals surface area contributed by atoms with Gasteiger partial charge in [0.15, 0.2) is 5.16 Å². The van der Waals surface area contributed by atoms with Crippen molar-refractivity contribution in [2.75, 3.05) is 5.75 Å². The highest BCUT2D eigenvalue weighted by Gasteiger charge is 2.31. The Labute approximate surface area is 146 Å². The van der Waals surface area contributed by atoms with E-state index in [9.17, 15) is 4.79 Å². The largest absolute Gasteiger partial charge is 0.298 e. The van der Waals surface area contributed by atoms with Gasteiger partial charge in [-0.15, -0.1) is 0 Å². The molecule has 121 valence electrons. The average Bonchev–Trinajstić information content (AvgIpc) is 3.31. The number of carbonyl (C=O) groups is 1. The molecule has 0 saturated carbocycles. The number of ketones is 1. The minimum atomic E-state index is -0.325. The van der Waals surface area contributed by atoms with Crippen LogP contribution < -0.4 is 0 Å². The van der Waals surface area contributed by atoms with Crippen LogP contribution >= 0.6 is 11.8 Å². The lowest BCUT2D eigenvalue weighted by molar-refractivity contribution is -0.123. The van der Waals surface area contributed by atoms with E-state index < -0.39 is 0 Å². The maximum absolute atomic E-state index is 12.1. The normalized spacial score (nSPS) is 15.3. The minimum Gasteiger partial charge on any atom is -0.298 e. The van der Waals surface area contributed by atoms with Crippen LogP contribution in [0.1, 0.15) is 31.9 Å². The van der Waals surface area contributed by atoms with Crippen molar-refractivity contribution in [1.82, 2.24) is 9.97 Å². The lowest BCUT2D eigenvalue weighted by Gasteiger charge is -2.16. The molecule has 0 spiro atoms. The molecule has 4 rings (SSSR count). The molecule has 1 aromatic carbocycles. The van der Waals surface area contributed by atoms with Gasteiger partial charge in [-0.05, 0) is 17.6 Å². The van der Waals surface area contributed by atoms with E-state index in [0.717, 1.165) is 17.7 Å². The third-order valence-corrected chi connectivity index (χ3v) is 5.32. The first-order chi connectivity index (χ1) is 11.4. The number of fused-ring (bicyclic) bond motifs is 4. The van der Waals surface area contributed by atoms with Gasteiger partial charge in [0.1, 0.15) is 5.78 Å². The summed E-state index contributed by atoms with van der Waals surface area (Å²) in [6.45, 7) is 5.84. The molecule has 1 heterocycles. The quantitative estimate of drug-likeness (QED) is 0.617. The Hall–Kier alpha value is -1.94. The van der Waals surface area contributed by atoms with E-state index in [4.69, 9.17) is 4.98 Å². The first-order valence-electron chi connectivity index (χ1n) is 8.13. The molecular weight excluding hydrogens is 316 g/mol. The van der Waals surface area contributed by atoms with Crippen LogP contribution in [0.15, 0.2) is 41.2 Å². The van der Waals surface area contributed by atoms with E-state index in [1.54, 1.807) is 0 Å². The lowest BCUT2D eigenvalue weighted by Crippen LogP contribution is -2.22. The van der Waals surface area contributed by atoms with Gasteiger partial charge < -0.3 is 0 Å². The second kappa shape index (κ2) is 5.55. The first kappa shape index (κ1) is 15.6. The molecule has 2 aromatic rings. The molecule has 3 nitrogen and oxygen atoms in total. The molecular formula is C20H19N2OS. The third kappa shape index (κ3) is 2.80. The molecule has 0 bridgehead atoms. The molecule has 0 saturated heterocycles. The van der Waals surface area contributed by atoms with Crippen molar-refractivity contribution in [2.24, 2.45) is 5.41 Å². The molecule has 0 unspecified atom stereocenters. The number of hydrogen-bond donors (Lipinski definition) is 0. The van der Waals surface area contributed by atoms with Gasteiger partial charge in [-0.3, -0.25) is 4.79 Å². The third-order valence-electron chi connectivity index (χ3n) is 4.46. The van der Waals surface area contributed by atoms with Gasteiger partial charge >= 0.3 is 0 Å². The summed E-state index contributed by atoms with van der Waals surface area (Å²) in [4.78, 5) is 21.4. The maximum atomic E-state index is 12.1. The van der Waals surface area contributed by atoms with Gasteiger partial charge in [-0.2, -0.15) is 0 Å². The van der Waals surface area contributed by atoms with Crippen molar-refractivity contribution < 1.29 is 4.79 Å². The second-order valence-corrected chi connectivity index (χ2v) is 8.24. The molecule has 0 fully saturated rings. The summed E-state index contributed by atoms with van der Waals surface area (Å²) in [5.41, 5.74) is 6.93. The molecule has 0 atom stereocenters. The average molecular weight is 335 g/mol. The summed E-state index contributed by atoms with van der Waals surface area (Å²) < 4.78 is 0. The van der Waals surface area contributed by atoms with Gasteiger partial charge in [0.05, 0.1) is 11.4 Å². The zero-order valence-corrected chi connectivity index (χ0v) is 14.9. The first-order valence-corrected chi connectivity index (χ1v) is 9.12. The Morgan fingerprint density at radius 2 is 2.00 bits per heavy atom. The monoisotopic (exact) mass is 335 g/mol. The van der Waals surface area contributed by atoms with Crippen LogP contribution in [0, 0.1) is 11.8 Å². The van der Waals surface area contributed by atoms with Gasteiger partial charge in [-0.1, -0.05) is 62.4 Å². The number of allylic oxidation sites excluding steroid dienone is 2. The van der Waals surface area contributed by atoms with Crippen molar-refractivity contribution in [3.8, 4) is 11.3 Å². The number of thioether (sulfide) groups is 1. The predicted octanol–water partition coefficient (Wildman–Crippen LogP) is 4.38. The highest BCUT2D eigenvalue weighted by atomic mass is 32.2. The van der Waals surface area contributed by atoms with E-state index in [1.165, 1.54) is 34.0 Å². The van der Waals surface area contributed by atoms with Crippen LogP contribution in [0.4, 0.5) is 0 Å². The van der Waals surface area contributed by atoms with E-state index in [0.29, 0.717) is 10.9 Å². The molecule has 4 heteroatoms. The van der Waals surface area contributed by atoms with Gasteiger partial charge in [0.2, 0.25) is 0 Å². The van der Waals surface area contributed by atoms with Crippen molar-refractivity contribution >= 4 is 23.1 Å². The minimum absolute atomic E-state index is 0.215. The molecule has 0 amide bonds. The van der Waals surface area contributed by atoms with Gasteiger partial charge in [0.25, 0.3) is 0 Å². The van der Waals surface area contributed by atoms with Crippen molar-refractivity contribution in [3.05, 3.63) is 53.6 Å². The van der Waals surface area contributed by atoms with Crippen molar-refractivity contribution in [1.29, 1.82) is 0 Å². The summed E-state index contributed by atoms with van der Waals surface area (Å²) in [6, 6.07) is 8.42. The van der Waals surface area contributed by atoms with E-state index in [2.05, 4.69) is 35.7 Å².